The standard InChI is InChI=1S/C18H17NO3S2/c1-2-19(11-7-8-11)16(20)10-22-18(21)15-9-14-17(24-15)12-5-3-4-6-13(12)23-14/h3-6,9,11H,2,7-8,10H2,1H3. The predicted molar refractivity (Wildman–Crippen MR) is 97.9 cm³/mol. The Morgan fingerprint density at radius 1 is 1.21 bits per heavy atom. The molecule has 0 N–H and O–H groups in total. The van der Waals surface area contributed by atoms with Gasteiger partial charge in [0.05, 0.1) is 4.70 Å². The van der Waals surface area contributed by atoms with Crippen LogP contribution in [0.2, 0.25) is 0 Å². The van der Waals surface area contributed by atoms with Gasteiger partial charge in [-0.2, -0.15) is 0 Å². The van der Waals surface area contributed by atoms with E-state index in [1.54, 1.807) is 16.2 Å². The maximum absolute atomic E-state index is 12.3. The lowest BCUT2D eigenvalue weighted by Crippen LogP contribution is -2.36. The van der Waals surface area contributed by atoms with Gasteiger partial charge in [-0.3, -0.25) is 4.79 Å². The number of rotatable bonds is 5. The van der Waals surface area contributed by atoms with Gasteiger partial charge in [-0.05, 0) is 31.9 Å². The summed E-state index contributed by atoms with van der Waals surface area (Å²) in [6.07, 6.45) is 2.11. The van der Waals surface area contributed by atoms with Crippen LogP contribution < -0.4 is 0 Å². The van der Waals surface area contributed by atoms with Crippen molar-refractivity contribution >= 4 is 54.0 Å². The van der Waals surface area contributed by atoms with Crippen LogP contribution in [0, 0.1) is 0 Å². The van der Waals surface area contributed by atoms with Gasteiger partial charge in [0.15, 0.2) is 6.61 Å². The van der Waals surface area contributed by atoms with E-state index in [1.807, 2.05) is 25.1 Å². The Bertz CT molecular complexity index is 923. The zero-order valence-electron chi connectivity index (χ0n) is 13.3. The van der Waals surface area contributed by atoms with E-state index in [1.165, 1.54) is 21.4 Å². The molecular weight excluding hydrogens is 342 g/mol. The highest BCUT2D eigenvalue weighted by molar-refractivity contribution is 7.33. The first-order valence-electron chi connectivity index (χ1n) is 8.05. The third kappa shape index (κ3) is 2.80. The fourth-order valence-electron chi connectivity index (χ4n) is 2.91. The molecule has 1 amide bonds. The Labute approximate surface area is 147 Å². The van der Waals surface area contributed by atoms with E-state index in [0.29, 0.717) is 17.5 Å². The molecule has 0 aliphatic heterocycles. The molecule has 4 nitrogen and oxygen atoms in total. The number of amides is 1. The molecule has 1 aliphatic rings. The summed E-state index contributed by atoms with van der Waals surface area (Å²) < 4.78 is 8.67. The average molecular weight is 359 g/mol. The summed E-state index contributed by atoms with van der Waals surface area (Å²) in [6, 6.07) is 10.4. The molecule has 4 rings (SSSR count). The molecule has 2 aromatic heterocycles. The van der Waals surface area contributed by atoms with Crippen molar-refractivity contribution in [2.24, 2.45) is 0 Å². The molecule has 1 aliphatic carbocycles. The molecule has 0 bridgehead atoms. The Balaban J connectivity index is 1.48. The summed E-state index contributed by atoms with van der Waals surface area (Å²) in [5.41, 5.74) is 0. The predicted octanol–water partition coefficient (Wildman–Crippen LogP) is 4.28. The molecule has 1 fully saturated rings. The van der Waals surface area contributed by atoms with Crippen LogP contribution in [0.5, 0.6) is 0 Å². The normalized spacial score (nSPS) is 14.2. The third-order valence-electron chi connectivity index (χ3n) is 4.23. The van der Waals surface area contributed by atoms with Crippen LogP contribution in [0.15, 0.2) is 30.3 Å². The van der Waals surface area contributed by atoms with E-state index < -0.39 is 5.97 Å². The Kier molecular flexibility index (Phi) is 4.02. The summed E-state index contributed by atoms with van der Waals surface area (Å²) in [5, 5.41) is 1.17. The second kappa shape index (κ2) is 6.18. The number of thiophene rings is 2. The molecule has 3 aromatic rings. The molecule has 0 unspecified atom stereocenters. The van der Waals surface area contributed by atoms with E-state index in [9.17, 15) is 9.59 Å². The minimum atomic E-state index is -0.410. The van der Waals surface area contributed by atoms with Crippen LogP contribution in [0.1, 0.15) is 29.4 Å². The highest BCUT2D eigenvalue weighted by Crippen LogP contribution is 2.39. The molecule has 0 spiro atoms. The van der Waals surface area contributed by atoms with Crippen molar-refractivity contribution < 1.29 is 14.3 Å². The fourth-order valence-corrected chi connectivity index (χ4v) is 5.32. The zero-order chi connectivity index (χ0) is 16.7. The smallest absolute Gasteiger partial charge is 0.348 e. The first-order valence-corrected chi connectivity index (χ1v) is 9.68. The second-order valence-electron chi connectivity index (χ2n) is 5.89. The van der Waals surface area contributed by atoms with Gasteiger partial charge in [0.2, 0.25) is 0 Å². The van der Waals surface area contributed by atoms with Crippen molar-refractivity contribution in [1.82, 2.24) is 4.90 Å². The largest absolute Gasteiger partial charge is 0.451 e. The number of carbonyl (C=O) groups excluding carboxylic acids is 2. The van der Waals surface area contributed by atoms with Gasteiger partial charge in [-0.15, -0.1) is 22.7 Å². The molecule has 1 saturated carbocycles. The summed E-state index contributed by atoms with van der Waals surface area (Å²) in [5.74, 6) is -0.509. The van der Waals surface area contributed by atoms with Gasteiger partial charge in [-0.25, -0.2) is 4.79 Å². The van der Waals surface area contributed by atoms with Crippen molar-refractivity contribution in [3.05, 3.63) is 35.2 Å². The molecule has 24 heavy (non-hydrogen) atoms. The zero-order valence-corrected chi connectivity index (χ0v) is 14.9. The highest BCUT2D eigenvalue weighted by atomic mass is 32.1. The fraction of sp³-hybridized carbons (Fsp3) is 0.333. The maximum Gasteiger partial charge on any atom is 0.348 e. The van der Waals surface area contributed by atoms with Crippen LogP contribution >= 0.6 is 22.7 Å². The number of likely N-dealkylation sites (N-methyl/N-ethyl adjacent to an activating group) is 1. The second-order valence-corrected chi connectivity index (χ2v) is 8.03. The van der Waals surface area contributed by atoms with Crippen LogP contribution in [0.3, 0.4) is 0 Å². The van der Waals surface area contributed by atoms with Gasteiger partial charge in [0, 0.05) is 27.4 Å². The third-order valence-corrected chi connectivity index (χ3v) is 6.62. The summed E-state index contributed by atoms with van der Waals surface area (Å²) in [4.78, 5) is 26.8. The first-order chi connectivity index (χ1) is 11.7. The highest BCUT2D eigenvalue weighted by Gasteiger charge is 2.31. The molecule has 1 aromatic carbocycles. The monoisotopic (exact) mass is 359 g/mol. The van der Waals surface area contributed by atoms with Crippen molar-refractivity contribution in [1.29, 1.82) is 0 Å². The number of carbonyl (C=O) groups is 2. The van der Waals surface area contributed by atoms with Crippen molar-refractivity contribution in [2.75, 3.05) is 13.2 Å². The van der Waals surface area contributed by atoms with E-state index in [0.717, 1.165) is 22.2 Å². The lowest BCUT2D eigenvalue weighted by Gasteiger charge is -2.19. The van der Waals surface area contributed by atoms with Gasteiger partial charge in [-0.1, -0.05) is 18.2 Å². The first kappa shape index (κ1) is 15.6. The number of benzene rings is 1. The van der Waals surface area contributed by atoms with E-state index in [-0.39, 0.29) is 12.5 Å². The molecule has 2 heterocycles. The summed E-state index contributed by atoms with van der Waals surface area (Å²) >= 11 is 3.11. The molecule has 0 atom stereocenters. The lowest BCUT2D eigenvalue weighted by molar-refractivity contribution is -0.134. The van der Waals surface area contributed by atoms with Crippen LogP contribution in [0.25, 0.3) is 19.5 Å². The van der Waals surface area contributed by atoms with Crippen molar-refractivity contribution in [2.45, 2.75) is 25.8 Å². The minimum absolute atomic E-state index is 0.0998. The summed E-state index contributed by atoms with van der Waals surface area (Å²) in [6.45, 7) is 2.45. The number of fused-ring (bicyclic) bond motifs is 3. The Morgan fingerprint density at radius 3 is 2.75 bits per heavy atom. The van der Waals surface area contributed by atoms with Crippen LogP contribution in [-0.2, 0) is 9.53 Å². The minimum Gasteiger partial charge on any atom is -0.451 e. The van der Waals surface area contributed by atoms with E-state index in [4.69, 9.17) is 4.74 Å². The number of esters is 1. The Hall–Kier alpha value is -1.92. The quantitative estimate of drug-likeness (QED) is 0.639. The van der Waals surface area contributed by atoms with Crippen molar-refractivity contribution in [3.8, 4) is 0 Å². The van der Waals surface area contributed by atoms with Gasteiger partial charge in [0.1, 0.15) is 4.88 Å². The van der Waals surface area contributed by atoms with Gasteiger partial charge < -0.3 is 9.64 Å². The topological polar surface area (TPSA) is 46.6 Å². The number of ether oxygens (including phenoxy) is 1. The number of hydrogen-bond donors (Lipinski definition) is 0. The average Bonchev–Trinajstić information content (AvgIpc) is 3.23. The van der Waals surface area contributed by atoms with Crippen LogP contribution in [-0.4, -0.2) is 36.0 Å². The molecule has 124 valence electrons. The van der Waals surface area contributed by atoms with Crippen molar-refractivity contribution in [3.63, 3.8) is 0 Å². The SMILES string of the molecule is CCN(C(=O)COC(=O)c1cc2sc3ccccc3c2s1)C1CC1. The van der Waals surface area contributed by atoms with E-state index in [2.05, 4.69) is 12.1 Å². The van der Waals surface area contributed by atoms with Crippen LogP contribution in [0.4, 0.5) is 0 Å². The number of nitrogens with zero attached hydrogens (tertiary/aromatic N) is 1. The van der Waals surface area contributed by atoms with Gasteiger partial charge >= 0.3 is 5.97 Å². The molecule has 0 radical (unpaired) electrons. The molecular formula is C18H17NO3S2. The lowest BCUT2D eigenvalue weighted by atomic mass is 10.2. The number of hydrogen-bond acceptors (Lipinski definition) is 5. The maximum atomic E-state index is 12.3. The molecule has 0 saturated heterocycles. The summed E-state index contributed by atoms with van der Waals surface area (Å²) in [7, 11) is 0. The van der Waals surface area contributed by atoms with E-state index >= 15 is 0 Å². The Morgan fingerprint density at radius 2 is 2.00 bits per heavy atom. The molecule has 6 heteroatoms. The van der Waals surface area contributed by atoms with Gasteiger partial charge in [0.25, 0.3) is 5.91 Å².